The van der Waals surface area contributed by atoms with E-state index in [0.29, 0.717) is 25.3 Å². The van der Waals surface area contributed by atoms with E-state index in [1.54, 1.807) is 0 Å². The van der Waals surface area contributed by atoms with E-state index < -0.39 is 43.4 Å². The molecule has 0 unspecified atom stereocenters. The number of hydrogen-bond acceptors (Lipinski definition) is 9. The molecule has 0 radical (unpaired) electrons. The third-order valence-electron chi connectivity index (χ3n) is 12.4. The predicted octanol–water partition coefficient (Wildman–Crippen LogP) is 4.90. The molecule has 4 rings (SSSR count). The van der Waals surface area contributed by atoms with Crippen LogP contribution in [-0.2, 0) is 22.8 Å². The molecule has 0 aromatic rings. The minimum atomic E-state index is -2.97. The second-order valence-corrected chi connectivity index (χ2v) is 16.9. The van der Waals surface area contributed by atoms with E-state index in [0.717, 1.165) is 30.6 Å². The van der Waals surface area contributed by atoms with Crippen LogP contribution in [0.15, 0.2) is 0 Å². The van der Waals surface area contributed by atoms with Crippen molar-refractivity contribution in [1.29, 1.82) is 0 Å². The van der Waals surface area contributed by atoms with Gasteiger partial charge in [-0.05, 0) is 54.8 Å². The molecule has 4 aliphatic carbocycles. The monoisotopic (exact) mass is 571 g/mol. The number of fused-ring (bicyclic) bond motifs is 4. The Morgan fingerprint density at radius 2 is 1.15 bits per heavy atom. The highest BCUT2D eigenvalue weighted by Gasteiger charge is 2.72. The van der Waals surface area contributed by atoms with Gasteiger partial charge in [0.2, 0.25) is 11.6 Å². The van der Waals surface area contributed by atoms with E-state index in [9.17, 15) is 19.8 Å². The molecule has 4 aliphatic rings. The first-order valence-electron chi connectivity index (χ1n) is 14.3. The molecule has 4 bridgehead atoms. The zero-order valence-electron chi connectivity index (χ0n) is 25.2. The zero-order chi connectivity index (χ0) is 29.3. The fourth-order valence-electron chi connectivity index (χ4n) is 8.40. The molecule has 0 aliphatic heterocycles. The van der Waals surface area contributed by atoms with Gasteiger partial charge in [0.25, 0.3) is 0 Å². The second kappa shape index (κ2) is 9.66. The van der Waals surface area contributed by atoms with E-state index in [-0.39, 0.29) is 29.2 Å². The summed E-state index contributed by atoms with van der Waals surface area (Å²) in [5, 5.41) is 23.3. The first kappa shape index (κ1) is 30.7. The summed E-state index contributed by atoms with van der Waals surface area (Å²) in [6.45, 7) is 12.2. The summed E-state index contributed by atoms with van der Waals surface area (Å²) in [5.74, 6) is -3.02. The Kier molecular flexibility index (Phi) is 7.60. The van der Waals surface area contributed by atoms with Gasteiger partial charge in [0.15, 0.2) is 0 Å². The molecule has 10 nitrogen and oxygen atoms in total. The van der Waals surface area contributed by atoms with Gasteiger partial charge in [0, 0.05) is 57.6 Å². The molecule has 0 saturated heterocycles. The minimum Gasteiger partial charge on any atom is -0.416 e. The molecule has 0 aromatic carbocycles. The maximum Gasteiger partial charge on any atom is 0.500 e. The summed E-state index contributed by atoms with van der Waals surface area (Å²) < 4.78 is 28.1. The summed E-state index contributed by atoms with van der Waals surface area (Å²) in [5.41, 5.74) is -1.76. The van der Waals surface area contributed by atoms with Crippen molar-refractivity contribution in [2.24, 2.45) is 33.5 Å². The Labute approximate surface area is 234 Å². The number of nitrogens with zero attached hydrogens (tertiary/aromatic N) is 1. The van der Waals surface area contributed by atoms with Gasteiger partial charge < -0.3 is 33.0 Å². The van der Waals surface area contributed by atoms with Crippen LogP contribution < -0.4 is 0 Å². The van der Waals surface area contributed by atoms with Crippen molar-refractivity contribution >= 4 is 21.0 Å². The van der Waals surface area contributed by atoms with E-state index in [1.165, 1.54) is 21.3 Å². The minimum absolute atomic E-state index is 0.0816. The van der Waals surface area contributed by atoms with E-state index in [2.05, 4.69) is 27.7 Å². The van der Waals surface area contributed by atoms with Gasteiger partial charge in [-0.2, -0.15) is 0 Å². The van der Waals surface area contributed by atoms with Gasteiger partial charge in [-0.15, -0.1) is 0 Å². The van der Waals surface area contributed by atoms with E-state index >= 15 is 0 Å². The Bertz CT molecular complexity index is 914. The molecule has 4 fully saturated rings. The SMILES string of the molecule is CO[Si](CCCN(C(=O)O[C@]1(O)C[C@H]2CC[C@]1(C)C2(C)C)C(=O)O[C@]1(O)C[C@H]2CC[C@]1(C)C2(C)C)(OC)OC. The topological polar surface area (TPSA) is 124 Å². The molecule has 2 amide bonds. The van der Waals surface area contributed by atoms with Crippen LogP contribution in [0.5, 0.6) is 0 Å². The maximum atomic E-state index is 13.7. The summed E-state index contributed by atoms with van der Waals surface area (Å²) in [7, 11) is 1.53. The van der Waals surface area contributed by atoms with Gasteiger partial charge >= 0.3 is 21.0 Å². The van der Waals surface area contributed by atoms with Gasteiger partial charge in [-0.25, -0.2) is 14.5 Å². The summed E-state index contributed by atoms with van der Waals surface area (Å²) in [6.07, 6.45) is 2.30. The van der Waals surface area contributed by atoms with Crippen LogP contribution in [0.25, 0.3) is 0 Å². The van der Waals surface area contributed by atoms with Crippen LogP contribution in [0.1, 0.15) is 86.5 Å². The summed E-state index contributed by atoms with van der Waals surface area (Å²) in [6, 6.07) is 0.335. The number of rotatable bonds is 9. The number of aliphatic hydroxyl groups is 2. The van der Waals surface area contributed by atoms with E-state index in [4.69, 9.17) is 22.8 Å². The zero-order valence-corrected chi connectivity index (χ0v) is 26.2. The van der Waals surface area contributed by atoms with Gasteiger partial charge in [-0.3, -0.25) is 0 Å². The van der Waals surface area contributed by atoms with Crippen molar-refractivity contribution in [3.63, 3.8) is 0 Å². The Hall–Kier alpha value is -1.24. The molecule has 2 N–H and O–H groups in total. The van der Waals surface area contributed by atoms with Crippen molar-refractivity contribution in [2.75, 3.05) is 27.9 Å². The van der Waals surface area contributed by atoms with Crippen LogP contribution >= 0.6 is 0 Å². The predicted molar refractivity (Wildman–Crippen MR) is 144 cm³/mol. The van der Waals surface area contributed by atoms with Crippen LogP contribution in [0.4, 0.5) is 9.59 Å². The lowest BCUT2D eigenvalue weighted by atomic mass is 9.68. The number of hydrogen-bond donors (Lipinski definition) is 2. The molecule has 39 heavy (non-hydrogen) atoms. The van der Waals surface area contributed by atoms with Gasteiger partial charge in [0.05, 0.1) is 0 Å². The Morgan fingerprint density at radius 1 is 0.769 bits per heavy atom. The standard InChI is InChI=1S/C28H49NO9Si/c1-23(2)19-11-13-25(23,5)27(32,17-19)37-21(30)29(15-10-16-39(34-7,35-8)36-9)22(31)38-28(33)18-20-12-14-26(28,6)24(20,3)4/h19-20,32-33H,10-18H2,1-9H3/t19-,20-,25-,26-,27-,28-/m1/s1. The number of imide groups is 1. The van der Waals surface area contributed by atoms with E-state index in [1.807, 2.05) is 13.8 Å². The average molecular weight is 572 g/mol. The van der Waals surface area contributed by atoms with Crippen molar-refractivity contribution < 1.29 is 42.6 Å². The lowest BCUT2D eigenvalue weighted by molar-refractivity contribution is -0.250. The third-order valence-corrected chi connectivity index (χ3v) is 15.2. The van der Waals surface area contributed by atoms with Crippen LogP contribution in [-0.4, -0.2) is 75.6 Å². The first-order chi connectivity index (χ1) is 17.9. The smallest absolute Gasteiger partial charge is 0.416 e. The van der Waals surface area contributed by atoms with Crippen molar-refractivity contribution in [3.05, 3.63) is 0 Å². The summed E-state index contributed by atoms with van der Waals surface area (Å²) in [4.78, 5) is 28.2. The number of amides is 2. The van der Waals surface area contributed by atoms with Crippen LogP contribution in [0, 0.1) is 33.5 Å². The molecule has 4 saturated carbocycles. The molecular weight excluding hydrogens is 522 g/mol. The quantitative estimate of drug-likeness (QED) is 0.294. The first-order valence-corrected chi connectivity index (χ1v) is 16.2. The van der Waals surface area contributed by atoms with Gasteiger partial charge in [0.1, 0.15) is 0 Å². The second-order valence-electron chi connectivity index (χ2n) is 13.8. The van der Waals surface area contributed by atoms with Crippen molar-refractivity contribution in [1.82, 2.24) is 4.90 Å². The molecule has 0 aromatic heterocycles. The Morgan fingerprint density at radius 3 is 1.44 bits per heavy atom. The maximum absolute atomic E-state index is 13.7. The average Bonchev–Trinajstić information content (AvgIpc) is 3.34. The number of carbonyl (C=O) groups is 2. The normalized spacial score (nSPS) is 39.7. The fourth-order valence-corrected chi connectivity index (χ4v) is 10.1. The Balaban J connectivity index is 1.56. The highest BCUT2D eigenvalue weighted by molar-refractivity contribution is 6.60. The lowest BCUT2D eigenvalue weighted by Crippen LogP contribution is -2.55. The molecule has 6 atom stereocenters. The lowest BCUT2D eigenvalue weighted by Gasteiger charge is -2.45. The largest absolute Gasteiger partial charge is 0.500 e. The molecular formula is C28H49NO9Si. The number of carbonyl (C=O) groups excluding carboxylic acids is 2. The molecule has 0 spiro atoms. The van der Waals surface area contributed by atoms with Crippen molar-refractivity contribution in [3.8, 4) is 0 Å². The van der Waals surface area contributed by atoms with Gasteiger partial charge in [-0.1, -0.05) is 41.5 Å². The third kappa shape index (κ3) is 4.21. The highest BCUT2D eigenvalue weighted by Crippen LogP contribution is 2.71. The van der Waals surface area contributed by atoms with Crippen LogP contribution in [0.2, 0.25) is 6.04 Å². The molecule has 224 valence electrons. The molecule has 11 heteroatoms. The number of ether oxygens (including phenoxy) is 2. The summed E-state index contributed by atoms with van der Waals surface area (Å²) >= 11 is 0. The molecule has 0 heterocycles. The van der Waals surface area contributed by atoms with Crippen LogP contribution in [0.3, 0.4) is 0 Å². The highest BCUT2D eigenvalue weighted by atomic mass is 28.4. The fraction of sp³-hybridized carbons (Fsp3) is 0.929. The van der Waals surface area contributed by atoms with Crippen molar-refractivity contribution in [2.45, 2.75) is 104 Å².